The number of benzene rings is 3. The van der Waals surface area contributed by atoms with Crippen LogP contribution in [-0.4, -0.2) is 34.4 Å². The summed E-state index contributed by atoms with van der Waals surface area (Å²) in [6, 6.07) is 24.3. The summed E-state index contributed by atoms with van der Waals surface area (Å²) >= 11 is 1.70. The fraction of sp³-hybridized carbons (Fsp3) is 0.154. The first-order chi connectivity index (χ1) is 16.6. The SMILES string of the molecule is O=C(Cc1n[nH]c(=O)c2ccccc12)OCC(=O)N1c2ccccc2SC[C@H]1c1ccccc1. The minimum Gasteiger partial charge on any atom is -0.455 e. The molecule has 0 bridgehead atoms. The summed E-state index contributed by atoms with van der Waals surface area (Å²) in [6.45, 7) is -0.386. The van der Waals surface area contributed by atoms with Crippen LogP contribution < -0.4 is 10.5 Å². The normalized spacial score (nSPS) is 15.1. The molecule has 3 aromatic carbocycles. The number of hydrogen-bond donors (Lipinski definition) is 1. The van der Waals surface area contributed by atoms with E-state index >= 15 is 0 Å². The summed E-state index contributed by atoms with van der Waals surface area (Å²) in [5.41, 5.74) is 1.90. The zero-order valence-electron chi connectivity index (χ0n) is 18.1. The number of amides is 1. The molecule has 1 aromatic heterocycles. The molecule has 8 heteroatoms. The monoisotopic (exact) mass is 471 g/mol. The van der Waals surface area contributed by atoms with Gasteiger partial charge in [-0.3, -0.25) is 19.3 Å². The number of H-pyrrole nitrogens is 1. The molecule has 0 saturated carbocycles. The van der Waals surface area contributed by atoms with Crippen molar-refractivity contribution in [1.29, 1.82) is 0 Å². The highest BCUT2D eigenvalue weighted by Gasteiger charge is 2.33. The number of nitrogens with zero attached hydrogens (tertiary/aromatic N) is 2. The molecular weight excluding hydrogens is 450 g/mol. The lowest BCUT2D eigenvalue weighted by atomic mass is 10.1. The third-order valence-electron chi connectivity index (χ3n) is 5.73. The maximum atomic E-state index is 13.3. The first kappa shape index (κ1) is 21.9. The quantitative estimate of drug-likeness (QED) is 0.444. The van der Waals surface area contributed by atoms with Gasteiger partial charge in [0.25, 0.3) is 11.5 Å². The van der Waals surface area contributed by atoms with Crippen molar-refractivity contribution in [2.24, 2.45) is 0 Å². The fourth-order valence-corrected chi connectivity index (χ4v) is 5.29. The van der Waals surface area contributed by atoms with Gasteiger partial charge in [0.2, 0.25) is 0 Å². The Hall–Kier alpha value is -3.91. The van der Waals surface area contributed by atoms with Gasteiger partial charge in [-0.05, 0) is 23.8 Å². The number of nitrogens with one attached hydrogen (secondary N) is 1. The van der Waals surface area contributed by atoms with Gasteiger partial charge in [0.15, 0.2) is 6.61 Å². The molecule has 1 N–H and O–H groups in total. The zero-order chi connectivity index (χ0) is 23.5. The van der Waals surface area contributed by atoms with Crippen LogP contribution in [0.4, 0.5) is 5.69 Å². The van der Waals surface area contributed by atoms with E-state index in [9.17, 15) is 14.4 Å². The Kier molecular flexibility index (Phi) is 6.14. The molecule has 34 heavy (non-hydrogen) atoms. The van der Waals surface area contributed by atoms with Gasteiger partial charge in [0.05, 0.1) is 29.2 Å². The molecule has 0 radical (unpaired) electrons. The van der Waals surface area contributed by atoms with Gasteiger partial charge in [-0.2, -0.15) is 5.10 Å². The molecule has 2 heterocycles. The third kappa shape index (κ3) is 4.32. The molecular formula is C26H21N3O4S. The Morgan fingerprint density at radius 3 is 2.50 bits per heavy atom. The van der Waals surface area contributed by atoms with E-state index < -0.39 is 5.97 Å². The van der Waals surface area contributed by atoms with Crippen LogP contribution in [-0.2, 0) is 20.7 Å². The summed E-state index contributed by atoms with van der Waals surface area (Å²) in [5.74, 6) is -0.184. The summed E-state index contributed by atoms with van der Waals surface area (Å²) in [6.07, 6.45) is -0.154. The molecule has 0 spiro atoms. The second-order valence-corrected chi connectivity index (χ2v) is 8.91. The second-order valence-electron chi connectivity index (χ2n) is 7.85. The first-order valence-corrected chi connectivity index (χ1v) is 11.8. The third-order valence-corrected chi connectivity index (χ3v) is 6.87. The molecule has 1 atom stereocenters. The van der Waals surface area contributed by atoms with Crippen molar-refractivity contribution in [2.45, 2.75) is 17.4 Å². The molecule has 170 valence electrons. The topological polar surface area (TPSA) is 92.4 Å². The van der Waals surface area contributed by atoms with Crippen molar-refractivity contribution in [3.63, 3.8) is 0 Å². The maximum absolute atomic E-state index is 13.3. The van der Waals surface area contributed by atoms with Gasteiger partial charge < -0.3 is 4.74 Å². The first-order valence-electron chi connectivity index (χ1n) is 10.8. The van der Waals surface area contributed by atoms with Crippen LogP contribution in [0.1, 0.15) is 17.3 Å². The maximum Gasteiger partial charge on any atom is 0.312 e. The van der Waals surface area contributed by atoms with Crippen LogP contribution in [0.2, 0.25) is 0 Å². The molecule has 0 fully saturated rings. The summed E-state index contributed by atoms with van der Waals surface area (Å²) < 4.78 is 5.37. The molecule has 1 aliphatic rings. The average Bonchev–Trinajstić information content (AvgIpc) is 2.89. The number of anilines is 1. The van der Waals surface area contributed by atoms with Crippen LogP contribution in [0.15, 0.2) is 88.6 Å². The lowest BCUT2D eigenvalue weighted by Crippen LogP contribution is -2.41. The van der Waals surface area contributed by atoms with E-state index in [4.69, 9.17) is 4.74 Å². The molecule has 7 nitrogen and oxygen atoms in total. The number of carbonyl (C=O) groups excluding carboxylic acids is 2. The van der Waals surface area contributed by atoms with Crippen LogP contribution in [0, 0.1) is 0 Å². The van der Waals surface area contributed by atoms with E-state index in [2.05, 4.69) is 10.2 Å². The summed E-state index contributed by atoms with van der Waals surface area (Å²) in [7, 11) is 0. The van der Waals surface area contributed by atoms with Crippen molar-refractivity contribution >= 4 is 40.1 Å². The van der Waals surface area contributed by atoms with E-state index in [1.54, 1.807) is 40.9 Å². The van der Waals surface area contributed by atoms with Gasteiger partial charge >= 0.3 is 5.97 Å². The predicted molar refractivity (Wildman–Crippen MR) is 131 cm³/mol. The van der Waals surface area contributed by atoms with Crippen molar-refractivity contribution in [2.75, 3.05) is 17.3 Å². The van der Waals surface area contributed by atoms with Gasteiger partial charge in [-0.25, -0.2) is 5.10 Å². The van der Waals surface area contributed by atoms with Gasteiger partial charge in [0.1, 0.15) is 0 Å². The fourth-order valence-electron chi connectivity index (χ4n) is 4.12. The van der Waals surface area contributed by atoms with E-state index in [1.165, 1.54) is 0 Å². The van der Waals surface area contributed by atoms with Gasteiger partial charge in [-0.1, -0.05) is 60.7 Å². The molecule has 1 aliphatic heterocycles. The van der Waals surface area contributed by atoms with Crippen LogP contribution in [0.5, 0.6) is 0 Å². The standard InChI is InChI=1S/C26H21N3O4S/c30-24(15-33-25(31)14-20-18-10-4-5-11-19(18)26(32)28-27-20)29-21-12-6-7-13-23(21)34-16-22(29)17-8-2-1-3-9-17/h1-13,22H,14-16H2,(H,28,32)/t22-/m0/s1. The highest BCUT2D eigenvalue weighted by Crippen LogP contribution is 2.43. The van der Waals surface area contributed by atoms with E-state index in [1.807, 2.05) is 54.6 Å². The minimum absolute atomic E-state index is 0.154. The van der Waals surface area contributed by atoms with E-state index in [0.717, 1.165) is 16.1 Å². The summed E-state index contributed by atoms with van der Waals surface area (Å²) in [4.78, 5) is 40.6. The molecule has 0 unspecified atom stereocenters. The number of carbonyl (C=O) groups is 2. The molecule has 0 aliphatic carbocycles. The van der Waals surface area contributed by atoms with Gasteiger partial charge in [-0.15, -0.1) is 11.8 Å². The number of aromatic amines is 1. The lowest BCUT2D eigenvalue weighted by molar-refractivity contribution is -0.147. The van der Waals surface area contributed by atoms with Crippen molar-refractivity contribution in [3.05, 3.63) is 100 Å². The minimum atomic E-state index is -0.589. The Labute approximate surface area is 199 Å². The Morgan fingerprint density at radius 1 is 0.971 bits per heavy atom. The second kappa shape index (κ2) is 9.52. The summed E-state index contributed by atoms with van der Waals surface area (Å²) in [5, 5.41) is 7.45. The number of fused-ring (bicyclic) bond motifs is 2. The highest BCUT2D eigenvalue weighted by atomic mass is 32.2. The Morgan fingerprint density at radius 2 is 1.68 bits per heavy atom. The van der Waals surface area contributed by atoms with Crippen LogP contribution >= 0.6 is 11.8 Å². The molecule has 5 rings (SSSR count). The zero-order valence-corrected chi connectivity index (χ0v) is 19.0. The number of aromatic nitrogens is 2. The van der Waals surface area contributed by atoms with Crippen molar-refractivity contribution in [1.82, 2.24) is 10.2 Å². The van der Waals surface area contributed by atoms with Crippen molar-refractivity contribution < 1.29 is 14.3 Å². The van der Waals surface area contributed by atoms with Crippen molar-refractivity contribution in [3.8, 4) is 0 Å². The number of esters is 1. The largest absolute Gasteiger partial charge is 0.455 e. The predicted octanol–water partition coefficient (Wildman–Crippen LogP) is 3.89. The van der Waals surface area contributed by atoms with E-state index in [-0.39, 0.29) is 30.5 Å². The number of thioether (sulfide) groups is 1. The molecule has 1 amide bonds. The van der Waals surface area contributed by atoms with Gasteiger partial charge in [0, 0.05) is 16.0 Å². The number of hydrogen-bond acceptors (Lipinski definition) is 6. The number of rotatable bonds is 5. The Bertz CT molecular complexity index is 1420. The lowest BCUT2D eigenvalue weighted by Gasteiger charge is -2.37. The Balaban J connectivity index is 1.34. The van der Waals surface area contributed by atoms with Crippen LogP contribution in [0.3, 0.4) is 0 Å². The number of para-hydroxylation sites is 1. The van der Waals surface area contributed by atoms with E-state index in [0.29, 0.717) is 22.2 Å². The number of ether oxygens (including phenoxy) is 1. The average molecular weight is 472 g/mol. The highest BCUT2D eigenvalue weighted by molar-refractivity contribution is 7.99. The van der Waals surface area contributed by atoms with Crippen LogP contribution in [0.25, 0.3) is 10.8 Å². The molecule has 0 saturated heterocycles. The smallest absolute Gasteiger partial charge is 0.312 e. The molecule has 4 aromatic rings.